The van der Waals surface area contributed by atoms with Crippen LogP contribution in [0.3, 0.4) is 0 Å². The second-order valence-electron chi connectivity index (χ2n) is 19.5. The fourth-order valence-corrected chi connectivity index (χ4v) is 13.5. The van der Waals surface area contributed by atoms with E-state index in [4.69, 9.17) is 28.4 Å². The van der Waals surface area contributed by atoms with Crippen LogP contribution < -0.4 is 5.32 Å². The molecule has 4 saturated carbocycles. The van der Waals surface area contributed by atoms with Crippen molar-refractivity contribution in [1.29, 1.82) is 0 Å². The SMILES string of the molecule is CC(=O)N[C@H]1[C@H](O[C@H]2CC[C@@]3(C)[C@@H](CC[C@@H]4[C@@H]3CC[C@]3(C)[C@@H]5[C@H](C[C@@H]43)O[C@]3(CC[C@@H](C)CO3)[C@H]5C)C2)O[C@H](CO[C@@H]2O[C@H](CO)[C@H](O)[C@H](O)[C@H]2O)[C@@H](O)[C@@H]1O. The monoisotopic (exact) mass is 781 g/mol. The molecule has 14 heteroatoms. The van der Waals surface area contributed by atoms with Gasteiger partial charge in [0.2, 0.25) is 5.91 Å². The minimum absolute atomic E-state index is 0.181. The van der Waals surface area contributed by atoms with Crippen molar-refractivity contribution in [2.24, 2.45) is 52.3 Å². The lowest BCUT2D eigenvalue weighted by molar-refractivity contribution is -0.325. The number of nitrogens with one attached hydrogen (secondary N) is 1. The molecule has 0 aromatic rings. The Kier molecular flexibility index (Phi) is 11.3. The minimum atomic E-state index is -1.63. The summed E-state index contributed by atoms with van der Waals surface area (Å²) in [5.41, 5.74) is 0.441. The van der Waals surface area contributed by atoms with E-state index in [1.165, 1.54) is 32.6 Å². The maximum absolute atomic E-state index is 12.2. The molecule has 0 radical (unpaired) electrons. The lowest BCUT2D eigenvalue weighted by Crippen LogP contribution is -2.66. The largest absolute Gasteiger partial charge is 0.394 e. The summed E-state index contributed by atoms with van der Waals surface area (Å²) in [6.45, 7) is 10.9. The van der Waals surface area contributed by atoms with Crippen LogP contribution in [0.15, 0.2) is 0 Å². The van der Waals surface area contributed by atoms with Gasteiger partial charge in [0.05, 0.1) is 32.0 Å². The van der Waals surface area contributed by atoms with Gasteiger partial charge >= 0.3 is 0 Å². The summed E-state index contributed by atoms with van der Waals surface area (Å²) in [6.07, 6.45) is -1.76. The zero-order chi connectivity index (χ0) is 39.2. The highest BCUT2D eigenvalue weighted by Gasteiger charge is 2.69. The smallest absolute Gasteiger partial charge is 0.217 e. The van der Waals surface area contributed by atoms with Gasteiger partial charge in [-0.05, 0) is 104 Å². The van der Waals surface area contributed by atoms with Gasteiger partial charge in [-0.25, -0.2) is 0 Å². The second kappa shape index (κ2) is 15.2. The van der Waals surface area contributed by atoms with Gasteiger partial charge in [0.15, 0.2) is 18.4 Å². The third-order valence-electron chi connectivity index (χ3n) is 16.6. The van der Waals surface area contributed by atoms with E-state index in [9.17, 15) is 35.4 Å². The summed E-state index contributed by atoms with van der Waals surface area (Å²) in [6, 6.07) is -1.04. The van der Waals surface area contributed by atoms with E-state index in [-0.39, 0.29) is 29.6 Å². The number of hydrogen-bond donors (Lipinski definition) is 7. The summed E-state index contributed by atoms with van der Waals surface area (Å²) >= 11 is 0. The molecule has 14 nitrogen and oxygen atoms in total. The molecule has 1 spiro atoms. The molecule has 4 saturated heterocycles. The quantitative estimate of drug-likeness (QED) is 0.184. The molecule has 4 heterocycles. The maximum atomic E-state index is 12.2. The van der Waals surface area contributed by atoms with Crippen LogP contribution in [-0.2, 0) is 33.2 Å². The number of rotatable bonds is 7. The van der Waals surface area contributed by atoms with Crippen molar-refractivity contribution in [1.82, 2.24) is 5.32 Å². The number of ether oxygens (including phenoxy) is 6. The molecular weight excluding hydrogens is 714 g/mol. The Morgan fingerprint density at radius 1 is 0.800 bits per heavy atom. The van der Waals surface area contributed by atoms with E-state index in [1.54, 1.807) is 0 Å². The van der Waals surface area contributed by atoms with Crippen LogP contribution >= 0.6 is 0 Å². The molecule has 0 aromatic heterocycles. The van der Waals surface area contributed by atoms with Crippen LogP contribution in [0.2, 0.25) is 0 Å². The second-order valence-corrected chi connectivity index (χ2v) is 19.5. The number of aliphatic hydroxyl groups excluding tert-OH is 6. The van der Waals surface area contributed by atoms with E-state index < -0.39 is 79.7 Å². The van der Waals surface area contributed by atoms with Gasteiger partial charge in [-0.3, -0.25) is 4.79 Å². The van der Waals surface area contributed by atoms with E-state index in [1.807, 2.05) is 0 Å². The van der Waals surface area contributed by atoms with Gasteiger partial charge in [-0.2, -0.15) is 0 Å². The molecule has 55 heavy (non-hydrogen) atoms. The van der Waals surface area contributed by atoms with E-state index in [0.29, 0.717) is 41.4 Å². The summed E-state index contributed by atoms with van der Waals surface area (Å²) in [4.78, 5) is 12.2. The first-order valence-corrected chi connectivity index (χ1v) is 21.3. The van der Waals surface area contributed by atoms with Crippen LogP contribution in [-0.4, -0.2) is 136 Å². The fraction of sp³-hybridized carbons (Fsp3) is 0.976. The molecule has 0 bridgehead atoms. The van der Waals surface area contributed by atoms with Gasteiger partial charge in [-0.15, -0.1) is 0 Å². The lowest BCUT2D eigenvalue weighted by Gasteiger charge is -2.61. The van der Waals surface area contributed by atoms with Crippen LogP contribution in [0.5, 0.6) is 0 Å². The average Bonchev–Trinajstić information content (AvgIpc) is 3.60. The van der Waals surface area contributed by atoms with Crippen molar-refractivity contribution >= 4 is 5.91 Å². The van der Waals surface area contributed by atoms with Gasteiger partial charge < -0.3 is 64.4 Å². The van der Waals surface area contributed by atoms with Crippen molar-refractivity contribution in [2.75, 3.05) is 19.8 Å². The summed E-state index contributed by atoms with van der Waals surface area (Å²) in [5.74, 6) is 3.14. The van der Waals surface area contributed by atoms with Crippen LogP contribution in [0.25, 0.3) is 0 Å². The van der Waals surface area contributed by atoms with E-state index in [0.717, 1.165) is 45.1 Å². The molecule has 7 N–H and O–H groups in total. The number of amides is 1. The molecule has 8 aliphatic rings. The Morgan fingerprint density at radius 2 is 1.53 bits per heavy atom. The van der Waals surface area contributed by atoms with Gasteiger partial charge in [0, 0.05) is 19.3 Å². The van der Waals surface area contributed by atoms with Crippen molar-refractivity contribution in [3.63, 3.8) is 0 Å². The van der Waals surface area contributed by atoms with Crippen LogP contribution in [0, 0.1) is 52.3 Å². The number of hydrogen-bond acceptors (Lipinski definition) is 13. The van der Waals surface area contributed by atoms with E-state index >= 15 is 0 Å². The molecule has 8 rings (SSSR count). The predicted molar refractivity (Wildman–Crippen MR) is 195 cm³/mol. The Bertz CT molecular complexity index is 1380. The van der Waals surface area contributed by atoms with Gasteiger partial charge in [-0.1, -0.05) is 27.7 Å². The molecule has 8 fully saturated rings. The van der Waals surface area contributed by atoms with Crippen molar-refractivity contribution < 1.29 is 63.9 Å². The zero-order valence-corrected chi connectivity index (χ0v) is 33.2. The molecular formula is C41H67NO13. The van der Waals surface area contributed by atoms with Crippen molar-refractivity contribution in [2.45, 2.75) is 178 Å². The normalized spacial score (nSPS) is 56.3. The molecule has 1 amide bonds. The minimum Gasteiger partial charge on any atom is -0.394 e. The topological polar surface area (TPSA) is 206 Å². The highest BCUT2D eigenvalue weighted by atomic mass is 16.7. The summed E-state index contributed by atoms with van der Waals surface area (Å²) in [7, 11) is 0. The number of aliphatic hydroxyl groups is 6. The van der Waals surface area contributed by atoms with Gasteiger partial charge in [0.1, 0.15) is 48.8 Å². The maximum Gasteiger partial charge on any atom is 0.217 e. The van der Waals surface area contributed by atoms with Crippen molar-refractivity contribution in [3.8, 4) is 0 Å². The molecule has 314 valence electrons. The number of carbonyl (C=O) groups excluding carboxylic acids is 1. The number of fused-ring (bicyclic) bond motifs is 7. The van der Waals surface area contributed by atoms with Gasteiger partial charge in [0.25, 0.3) is 0 Å². The molecule has 4 aliphatic carbocycles. The highest BCUT2D eigenvalue weighted by Crippen LogP contribution is 2.71. The summed E-state index contributed by atoms with van der Waals surface area (Å²) in [5, 5.41) is 65.3. The predicted octanol–water partition coefficient (Wildman–Crippen LogP) is 1.59. The average molecular weight is 782 g/mol. The first kappa shape index (κ1) is 40.8. The third kappa shape index (κ3) is 6.83. The standard InChI is InChI=1S/C41H67NO13/c1-19-8-13-41(51-17-19)20(2)30-27(55-41)15-26-24-7-6-22-14-23(9-11-39(22,4)25(24)10-12-40(26,30)5)52-37-31(42-21(3)44)34(47)33(46)29(54-37)18-50-38-36(49)35(48)32(45)28(16-43)53-38/h19-20,22-38,43,45-49H,6-18H2,1-5H3,(H,42,44)/t19-,20+,22+,23+,24-,25+,26+,27+,28-,29-,30+,31-,32+,33-,34-,35+,36-,37-,38-,39+,40+,41-/m1/s1. The number of carbonyl (C=O) groups is 1. The molecule has 0 unspecified atom stereocenters. The van der Waals surface area contributed by atoms with Crippen molar-refractivity contribution in [3.05, 3.63) is 0 Å². The Labute approximate surface area is 324 Å². The molecule has 0 aromatic carbocycles. The Balaban J connectivity index is 0.916. The lowest BCUT2D eigenvalue weighted by atomic mass is 9.44. The third-order valence-corrected chi connectivity index (χ3v) is 16.6. The first-order chi connectivity index (χ1) is 26.1. The highest BCUT2D eigenvalue weighted by molar-refractivity contribution is 5.73. The zero-order valence-electron chi connectivity index (χ0n) is 33.2. The first-order valence-electron chi connectivity index (χ1n) is 21.3. The van der Waals surface area contributed by atoms with Crippen LogP contribution in [0.1, 0.15) is 98.8 Å². The summed E-state index contributed by atoms with van der Waals surface area (Å²) < 4.78 is 37.5. The molecule has 4 aliphatic heterocycles. The van der Waals surface area contributed by atoms with E-state index in [2.05, 4.69) is 33.0 Å². The van der Waals surface area contributed by atoms with Crippen LogP contribution in [0.4, 0.5) is 0 Å². The Hall–Kier alpha value is -1.01. The molecule has 22 atom stereocenters. The fourth-order valence-electron chi connectivity index (χ4n) is 13.5. The Morgan fingerprint density at radius 3 is 2.24 bits per heavy atom.